The Morgan fingerprint density at radius 2 is 1.75 bits per heavy atom. The van der Waals surface area contributed by atoms with Gasteiger partial charge in [0.1, 0.15) is 23.2 Å². The minimum Gasteiger partial charge on any atom is -0.453 e. The molecule has 4 aromatic rings. The van der Waals surface area contributed by atoms with Crippen LogP contribution in [0.5, 0.6) is 0 Å². The van der Waals surface area contributed by atoms with E-state index >= 15 is 0 Å². The van der Waals surface area contributed by atoms with Crippen LogP contribution >= 0.6 is 0 Å². The molecule has 13 heteroatoms. The normalized spacial score (nSPS) is 13.5. The van der Waals surface area contributed by atoms with Crippen LogP contribution in [-0.2, 0) is 16.6 Å². The van der Waals surface area contributed by atoms with Gasteiger partial charge in [0, 0.05) is 29.0 Å². The van der Waals surface area contributed by atoms with Crippen molar-refractivity contribution in [3.8, 4) is 11.3 Å². The van der Waals surface area contributed by atoms with E-state index < -0.39 is 52.5 Å². The number of furan rings is 1. The van der Waals surface area contributed by atoms with Gasteiger partial charge in [-0.2, -0.15) is 0 Å². The van der Waals surface area contributed by atoms with Gasteiger partial charge < -0.3 is 19.8 Å². The molecule has 0 unspecified atom stereocenters. The van der Waals surface area contributed by atoms with Crippen molar-refractivity contribution in [2.75, 3.05) is 17.6 Å². The Balaban J connectivity index is 1.76. The number of anilines is 1. The molecule has 0 aliphatic heterocycles. The quantitative estimate of drug-likeness (QED) is 0.279. The molecule has 0 spiro atoms. The smallest absolute Gasteiger partial charge is 0.453 e. The zero-order valence-electron chi connectivity index (χ0n) is 21.4. The van der Waals surface area contributed by atoms with E-state index in [2.05, 4.69) is 5.32 Å². The number of fused-ring (bicyclic) bond motifs is 1. The van der Waals surface area contributed by atoms with Crippen molar-refractivity contribution in [2.24, 2.45) is 0 Å². The summed E-state index contributed by atoms with van der Waals surface area (Å²) in [7, 11) is -4.99. The highest BCUT2D eigenvalue weighted by atomic mass is 32.2. The molecule has 8 nitrogen and oxygen atoms in total. The lowest BCUT2D eigenvalue weighted by Gasteiger charge is -2.24. The highest BCUT2D eigenvalue weighted by molar-refractivity contribution is 7.92. The van der Waals surface area contributed by atoms with E-state index in [0.717, 1.165) is 29.0 Å². The number of sulfonamides is 1. The molecule has 1 aromatic heterocycles. The van der Waals surface area contributed by atoms with Crippen molar-refractivity contribution in [1.29, 1.82) is 0 Å². The van der Waals surface area contributed by atoms with Crippen LogP contribution in [0.4, 0.5) is 18.9 Å². The third kappa shape index (κ3) is 5.19. The van der Waals surface area contributed by atoms with E-state index in [1.807, 2.05) is 0 Å². The molecule has 1 heterocycles. The lowest BCUT2D eigenvalue weighted by Crippen LogP contribution is -2.34. The molecular formula is C27H24BF3N2O6S. The molecule has 1 amide bonds. The van der Waals surface area contributed by atoms with Gasteiger partial charge in [-0.3, -0.25) is 9.10 Å². The zero-order valence-corrected chi connectivity index (χ0v) is 22.2. The molecule has 0 bridgehead atoms. The van der Waals surface area contributed by atoms with Crippen LogP contribution in [0.1, 0.15) is 40.2 Å². The first-order valence-corrected chi connectivity index (χ1v) is 14.1. The van der Waals surface area contributed by atoms with Gasteiger partial charge in [-0.25, -0.2) is 21.6 Å². The number of benzene rings is 3. The molecule has 3 N–H and O–H groups in total. The van der Waals surface area contributed by atoms with E-state index in [4.69, 9.17) is 4.42 Å². The predicted molar refractivity (Wildman–Crippen MR) is 144 cm³/mol. The van der Waals surface area contributed by atoms with Gasteiger partial charge in [-0.15, -0.1) is 0 Å². The van der Waals surface area contributed by atoms with Crippen molar-refractivity contribution in [3.63, 3.8) is 0 Å². The Kier molecular flexibility index (Phi) is 7.15. The summed E-state index contributed by atoms with van der Waals surface area (Å²) in [5, 5.41) is 21.4. The molecule has 0 saturated heterocycles. The summed E-state index contributed by atoms with van der Waals surface area (Å²) in [5.74, 6) is -3.02. The molecule has 0 radical (unpaired) electrons. The topological polar surface area (TPSA) is 120 Å². The van der Waals surface area contributed by atoms with E-state index in [-0.39, 0.29) is 34.1 Å². The Morgan fingerprint density at radius 3 is 2.33 bits per heavy atom. The number of carbonyl (C=O) groups excluding carboxylic acids is 1. The van der Waals surface area contributed by atoms with Crippen LogP contribution < -0.4 is 15.1 Å². The Hall–Kier alpha value is -3.81. The third-order valence-corrected chi connectivity index (χ3v) is 7.95. The number of carbonyl (C=O) groups is 1. The van der Waals surface area contributed by atoms with Gasteiger partial charge in [0.05, 0.1) is 24.1 Å². The average molecular weight is 572 g/mol. The van der Waals surface area contributed by atoms with Crippen LogP contribution in [-0.4, -0.2) is 44.8 Å². The Bertz CT molecular complexity index is 1740. The molecule has 1 aliphatic rings. The fourth-order valence-electron chi connectivity index (χ4n) is 4.65. The second-order valence-corrected chi connectivity index (χ2v) is 11.6. The van der Waals surface area contributed by atoms with Crippen LogP contribution in [0.25, 0.3) is 22.3 Å². The van der Waals surface area contributed by atoms with Crippen molar-refractivity contribution in [1.82, 2.24) is 5.32 Å². The van der Waals surface area contributed by atoms with Gasteiger partial charge >= 0.3 is 7.12 Å². The monoisotopic (exact) mass is 572 g/mol. The molecule has 5 rings (SSSR count). The average Bonchev–Trinajstić information content (AvgIpc) is 3.67. The summed E-state index contributed by atoms with van der Waals surface area (Å²) in [6.45, 7) is -0.658. The van der Waals surface area contributed by atoms with Gasteiger partial charge in [0.15, 0.2) is 5.58 Å². The first kappa shape index (κ1) is 27.8. The summed E-state index contributed by atoms with van der Waals surface area (Å²) >= 11 is 0. The first-order valence-electron chi connectivity index (χ1n) is 12.3. The van der Waals surface area contributed by atoms with Gasteiger partial charge in [0.25, 0.3) is 5.91 Å². The number of amides is 1. The highest BCUT2D eigenvalue weighted by Gasteiger charge is 2.32. The summed E-state index contributed by atoms with van der Waals surface area (Å²) < 4.78 is 76.3. The summed E-state index contributed by atoms with van der Waals surface area (Å²) in [6.07, 6.45) is 2.57. The lowest BCUT2D eigenvalue weighted by molar-refractivity contribution is 0.0964. The Labute approximate surface area is 228 Å². The van der Waals surface area contributed by atoms with Crippen LogP contribution in [0.3, 0.4) is 0 Å². The molecule has 40 heavy (non-hydrogen) atoms. The number of nitrogens with zero attached hydrogens (tertiary/aromatic N) is 1. The van der Waals surface area contributed by atoms with E-state index in [1.54, 1.807) is 12.1 Å². The second-order valence-electron chi connectivity index (χ2n) is 9.69. The van der Waals surface area contributed by atoms with Gasteiger partial charge in [-0.1, -0.05) is 0 Å². The third-order valence-electron chi connectivity index (χ3n) is 6.83. The highest BCUT2D eigenvalue weighted by Crippen LogP contribution is 2.46. The number of rotatable bonds is 8. The number of nitrogens with one attached hydrogen (secondary N) is 1. The fourth-order valence-corrected chi connectivity index (χ4v) is 5.52. The van der Waals surface area contributed by atoms with E-state index in [0.29, 0.717) is 23.1 Å². The Morgan fingerprint density at radius 1 is 1.07 bits per heavy atom. The van der Waals surface area contributed by atoms with Crippen LogP contribution in [0.2, 0.25) is 0 Å². The summed E-state index contributed by atoms with van der Waals surface area (Å²) in [5.41, 5.74) is 0.164. The molecular weight excluding hydrogens is 548 g/mol. The lowest BCUT2D eigenvalue weighted by atomic mass is 9.79. The molecule has 208 valence electrons. The SMILES string of the molecule is CNC(=O)c1c(-c2ccc(F)cc2)oc2c(N(Cc3cc(F)c(B(O)O)cc3F)S(C)(=O)=O)cc(C3CC3)cc12. The van der Waals surface area contributed by atoms with Gasteiger partial charge in [-0.05, 0) is 72.9 Å². The number of halogens is 3. The molecule has 0 atom stereocenters. The van der Waals surface area contributed by atoms with Gasteiger partial charge in [0.2, 0.25) is 10.0 Å². The van der Waals surface area contributed by atoms with Crippen molar-refractivity contribution in [3.05, 3.63) is 82.7 Å². The predicted octanol–water partition coefficient (Wildman–Crippen LogP) is 3.40. The van der Waals surface area contributed by atoms with Crippen molar-refractivity contribution in [2.45, 2.75) is 25.3 Å². The zero-order chi connectivity index (χ0) is 28.9. The van der Waals surface area contributed by atoms with Crippen LogP contribution in [0, 0.1) is 17.5 Å². The summed E-state index contributed by atoms with van der Waals surface area (Å²) in [6, 6.07) is 9.86. The summed E-state index contributed by atoms with van der Waals surface area (Å²) in [4.78, 5) is 13.1. The minimum atomic E-state index is -4.15. The minimum absolute atomic E-state index is 0.00601. The first-order chi connectivity index (χ1) is 18.9. The van der Waals surface area contributed by atoms with Crippen LogP contribution in [0.15, 0.2) is 52.9 Å². The fraction of sp³-hybridized carbons (Fsp3) is 0.222. The number of hydrogen-bond acceptors (Lipinski definition) is 6. The van der Waals surface area contributed by atoms with Crippen molar-refractivity contribution >= 4 is 45.2 Å². The van der Waals surface area contributed by atoms with E-state index in [9.17, 15) is 36.4 Å². The number of hydrogen-bond donors (Lipinski definition) is 3. The second kappa shape index (κ2) is 10.3. The molecule has 1 saturated carbocycles. The maximum Gasteiger partial charge on any atom is 0.491 e. The largest absolute Gasteiger partial charge is 0.491 e. The molecule has 1 aliphatic carbocycles. The van der Waals surface area contributed by atoms with Crippen molar-refractivity contribution < 1.29 is 40.8 Å². The standard InChI is InChI=1S/C27H24BF3N2O6S/c1-32-27(34)24-19-9-16(14-3-4-14)11-23(26(19)39-25(24)15-5-7-18(29)8-6-15)33(40(2,37)38)13-17-10-22(31)20(28(35)36)12-21(17)30/h5-12,14,35-36H,3-4,13H2,1-2H3,(H,32,34). The molecule has 1 fully saturated rings. The maximum absolute atomic E-state index is 14.9. The van der Waals surface area contributed by atoms with E-state index in [1.165, 1.54) is 31.3 Å². The molecule has 3 aromatic carbocycles. The maximum atomic E-state index is 14.9.